The standard InChI is InChI=1S/C71H112O6/c1-4-7-10-13-16-19-22-24-26-28-30-31-32-33-34-35-36-37-38-39-41-42-44-46-49-52-55-58-61-64-70(73)76-67-68(66-75-69(72)63-60-57-54-51-48-21-18-15-12-9-6-3)77-71(74)65-62-59-56-53-50-47-45-43-40-29-27-25-23-20-17-14-11-8-5-2/h7-8,10-11,15-20,24-27,30-31,33-34,36-37,39-41,43,47,50,68H,4-6,9,12-14,21-23,28-29,32,35,38,42,44-46,48-49,51-67H2,1-3H3/b10-7-,11-8-,18-15-,19-16-,20-17-,26-24-,27-25-,31-30-,34-33-,37-36-,41-39-,43-40-,50-47-. The van der Waals surface area contributed by atoms with Crippen LogP contribution in [0.2, 0.25) is 0 Å². The van der Waals surface area contributed by atoms with Crippen molar-refractivity contribution in [1.29, 1.82) is 0 Å². The number of hydrogen-bond acceptors (Lipinski definition) is 6. The molecule has 0 aliphatic heterocycles. The molecule has 0 aromatic rings. The molecule has 0 radical (unpaired) electrons. The monoisotopic (exact) mass is 1060 g/mol. The molecular weight excluding hydrogens is 949 g/mol. The first kappa shape index (κ1) is 72.0. The van der Waals surface area contributed by atoms with Crippen LogP contribution in [-0.2, 0) is 28.6 Å². The Kier molecular flexibility index (Phi) is 59.5. The van der Waals surface area contributed by atoms with Crippen molar-refractivity contribution < 1.29 is 28.6 Å². The summed E-state index contributed by atoms with van der Waals surface area (Å²) in [5, 5.41) is 0. The highest BCUT2D eigenvalue weighted by atomic mass is 16.6. The van der Waals surface area contributed by atoms with Gasteiger partial charge in [0.1, 0.15) is 13.2 Å². The first-order chi connectivity index (χ1) is 38.0. The van der Waals surface area contributed by atoms with Crippen LogP contribution in [0.3, 0.4) is 0 Å². The summed E-state index contributed by atoms with van der Waals surface area (Å²) in [4.78, 5) is 38.2. The molecule has 0 amide bonds. The highest BCUT2D eigenvalue weighted by molar-refractivity contribution is 5.71. The van der Waals surface area contributed by atoms with E-state index in [2.05, 4.69) is 179 Å². The van der Waals surface area contributed by atoms with Crippen LogP contribution < -0.4 is 0 Å². The maximum atomic E-state index is 12.9. The molecule has 0 aliphatic carbocycles. The molecule has 77 heavy (non-hydrogen) atoms. The minimum absolute atomic E-state index is 0.106. The van der Waals surface area contributed by atoms with Crippen LogP contribution in [-0.4, -0.2) is 37.2 Å². The minimum Gasteiger partial charge on any atom is -0.462 e. The maximum absolute atomic E-state index is 12.9. The molecule has 0 aliphatic rings. The number of hydrogen-bond donors (Lipinski definition) is 0. The summed E-state index contributed by atoms with van der Waals surface area (Å²) in [6, 6.07) is 0. The quantitative estimate of drug-likeness (QED) is 0.0261. The van der Waals surface area contributed by atoms with Crippen LogP contribution in [0, 0.1) is 0 Å². The van der Waals surface area contributed by atoms with Gasteiger partial charge in [-0.25, -0.2) is 0 Å². The maximum Gasteiger partial charge on any atom is 0.306 e. The predicted molar refractivity (Wildman–Crippen MR) is 334 cm³/mol. The van der Waals surface area contributed by atoms with Crippen LogP contribution in [0.25, 0.3) is 0 Å². The summed E-state index contributed by atoms with van der Waals surface area (Å²) in [5.41, 5.74) is 0. The van der Waals surface area contributed by atoms with E-state index >= 15 is 0 Å². The third kappa shape index (κ3) is 61.8. The Morgan fingerprint density at radius 3 is 0.818 bits per heavy atom. The number of rotatable bonds is 54. The number of carbonyl (C=O) groups excluding carboxylic acids is 3. The van der Waals surface area contributed by atoms with Crippen LogP contribution in [0.1, 0.15) is 252 Å². The zero-order valence-corrected chi connectivity index (χ0v) is 49.4. The Morgan fingerprint density at radius 2 is 0.506 bits per heavy atom. The lowest BCUT2D eigenvalue weighted by atomic mass is 10.1. The molecule has 0 rings (SSSR count). The Morgan fingerprint density at radius 1 is 0.273 bits per heavy atom. The van der Waals surface area contributed by atoms with Crippen LogP contribution >= 0.6 is 0 Å². The third-order valence-electron chi connectivity index (χ3n) is 12.5. The van der Waals surface area contributed by atoms with Gasteiger partial charge in [-0.2, -0.15) is 0 Å². The molecule has 0 fully saturated rings. The molecule has 0 bridgehead atoms. The SMILES string of the molecule is CC/C=C\C/C=C\C/C=C\C/C=C\C/C=C\C/C=C\C/C=C\CCCCCCCCCC(=O)OCC(COC(=O)CCCCCCC/C=C\CCCC)OC(=O)CCCCC/C=C\C/C=C\C/C=C\C/C=C\C/C=C\CC. The van der Waals surface area contributed by atoms with Gasteiger partial charge in [0.05, 0.1) is 0 Å². The van der Waals surface area contributed by atoms with Gasteiger partial charge in [-0.05, 0) is 141 Å². The molecule has 1 atom stereocenters. The molecule has 0 aromatic carbocycles. The zero-order chi connectivity index (χ0) is 55.7. The van der Waals surface area contributed by atoms with Crippen molar-refractivity contribution in [1.82, 2.24) is 0 Å². The lowest BCUT2D eigenvalue weighted by molar-refractivity contribution is -0.167. The summed E-state index contributed by atoms with van der Waals surface area (Å²) in [7, 11) is 0. The van der Waals surface area contributed by atoms with Crippen molar-refractivity contribution in [2.75, 3.05) is 13.2 Å². The van der Waals surface area contributed by atoms with E-state index in [0.717, 1.165) is 154 Å². The Labute approximate surface area is 473 Å². The van der Waals surface area contributed by atoms with Crippen molar-refractivity contribution in [3.8, 4) is 0 Å². The molecule has 0 saturated carbocycles. The van der Waals surface area contributed by atoms with E-state index in [1.165, 1.54) is 51.4 Å². The average molecular weight is 1060 g/mol. The smallest absolute Gasteiger partial charge is 0.306 e. The summed E-state index contributed by atoms with van der Waals surface area (Å²) in [6.45, 7) is 6.32. The van der Waals surface area contributed by atoms with Gasteiger partial charge < -0.3 is 14.2 Å². The van der Waals surface area contributed by atoms with E-state index in [9.17, 15) is 14.4 Å². The number of esters is 3. The molecule has 0 spiro atoms. The van der Waals surface area contributed by atoms with Gasteiger partial charge in [-0.15, -0.1) is 0 Å². The first-order valence-electron chi connectivity index (χ1n) is 31.0. The van der Waals surface area contributed by atoms with Gasteiger partial charge in [0, 0.05) is 19.3 Å². The molecule has 1 unspecified atom stereocenters. The van der Waals surface area contributed by atoms with Gasteiger partial charge in [0.15, 0.2) is 6.10 Å². The fourth-order valence-electron chi connectivity index (χ4n) is 7.90. The predicted octanol–water partition coefficient (Wildman–Crippen LogP) is 21.3. The minimum atomic E-state index is -0.811. The van der Waals surface area contributed by atoms with Crippen LogP contribution in [0.15, 0.2) is 158 Å². The molecule has 0 saturated heterocycles. The average Bonchev–Trinajstić information content (AvgIpc) is 3.43. The fourth-order valence-corrected chi connectivity index (χ4v) is 7.90. The number of ether oxygens (including phenoxy) is 3. The highest BCUT2D eigenvalue weighted by Gasteiger charge is 2.19. The second-order valence-corrected chi connectivity index (χ2v) is 19.8. The van der Waals surface area contributed by atoms with Crippen molar-refractivity contribution in [2.24, 2.45) is 0 Å². The van der Waals surface area contributed by atoms with E-state index in [1.54, 1.807) is 0 Å². The summed E-state index contributed by atoms with van der Waals surface area (Å²) < 4.78 is 16.8. The lowest BCUT2D eigenvalue weighted by Gasteiger charge is -2.18. The zero-order valence-electron chi connectivity index (χ0n) is 49.4. The largest absolute Gasteiger partial charge is 0.462 e. The fraction of sp³-hybridized carbons (Fsp3) is 0.592. The van der Waals surface area contributed by atoms with Crippen LogP contribution in [0.4, 0.5) is 0 Å². The van der Waals surface area contributed by atoms with Gasteiger partial charge in [0.25, 0.3) is 0 Å². The van der Waals surface area contributed by atoms with Gasteiger partial charge >= 0.3 is 17.9 Å². The van der Waals surface area contributed by atoms with E-state index in [-0.39, 0.29) is 37.5 Å². The number of allylic oxidation sites excluding steroid dienone is 26. The van der Waals surface area contributed by atoms with Gasteiger partial charge in [0.2, 0.25) is 0 Å². The van der Waals surface area contributed by atoms with E-state index in [1.807, 2.05) is 0 Å². The first-order valence-corrected chi connectivity index (χ1v) is 31.0. The Balaban J connectivity index is 4.38. The Hall–Kier alpha value is -4.97. The third-order valence-corrected chi connectivity index (χ3v) is 12.5. The molecular formula is C71H112O6. The summed E-state index contributed by atoms with van der Waals surface area (Å²) in [6.07, 6.45) is 92.4. The number of carbonyl (C=O) groups is 3. The van der Waals surface area contributed by atoms with E-state index in [4.69, 9.17) is 14.2 Å². The normalized spacial score (nSPS) is 13.2. The van der Waals surface area contributed by atoms with Crippen molar-refractivity contribution in [3.63, 3.8) is 0 Å². The molecule has 0 heterocycles. The van der Waals surface area contributed by atoms with Gasteiger partial charge in [-0.3, -0.25) is 14.4 Å². The highest BCUT2D eigenvalue weighted by Crippen LogP contribution is 2.14. The van der Waals surface area contributed by atoms with E-state index < -0.39 is 6.10 Å². The second-order valence-electron chi connectivity index (χ2n) is 19.8. The van der Waals surface area contributed by atoms with Gasteiger partial charge in [-0.1, -0.05) is 249 Å². The molecule has 6 heteroatoms. The molecule has 0 N–H and O–H groups in total. The van der Waals surface area contributed by atoms with E-state index in [0.29, 0.717) is 19.3 Å². The second kappa shape index (κ2) is 63.6. The van der Waals surface area contributed by atoms with Crippen molar-refractivity contribution >= 4 is 17.9 Å². The number of unbranched alkanes of at least 4 members (excludes halogenated alkanes) is 17. The lowest BCUT2D eigenvalue weighted by Crippen LogP contribution is -2.30. The van der Waals surface area contributed by atoms with Crippen molar-refractivity contribution in [2.45, 2.75) is 258 Å². The molecule has 432 valence electrons. The Bertz CT molecular complexity index is 1740. The van der Waals surface area contributed by atoms with Crippen molar-refractivity contribution in [3.05, 3.63) is 158 Å². The molecule has 6 nitrogen and oxygen atoms in total. The topological polar surface area (TPSA) is 78.9 Å². The summed E-state index contributed by atoms with van der Waals surface area (Å²) in [5.74, 6) is -0.964. The van der Waals surface area contributed by atoms with Crippen LogP contribution in [0.5, 0.6) is 0 Å². The molecule has 0 aromatic heterocycles. The summed E-state index contributed by atoms with van der Waals surface area (Å²) >= 11 is 0.